The number of benzene rings is 1. The topological polar surface area (TPSA) is 93.9 Å². The van der Waals surface area contributed by atoms with Crippen LogP contribution in [0.2, 0.25) is 0 Å². The number of amides is 1. The molecule has 172 valence electrons. The van der Waals surface area contributed by atoms with E-state index in [4.69, 9.17) is 9.47 Å². The average molecular weight is 468 g/mol. The Labute approximate surface area is 195 Å². The SMILES string of the molecule is CCOc1ccc([C@@H]2C(C(=O)c3cccs3)=C(O)C(=O)N2CCCn2ccnc2)cc1OC. The van der Waals surface area contributed by atoms with E-state index in [1.54, 1.807) is 53.1 Å². The maximum atomic E-state index is 13.3. The molecule has 2 aromatic heterocycles. The summed E-state index contributed by atoms with van der Waals surface area (Å²) in [5, 5.41) is 12.6. The monoisotopic (exact) mass is 467 g/mol. The molecule has 3 heterocycles. The fraction of sp³-hybridized carbons (Fsp3) is 0.292. The molecule has 1 amide bonds. The first-order valence-corrected chi connectivity index (χ1v) is 11.5. The van der Waals surface area contributed by atoms with Crippen LogP contribution in [-0.2, 0) is 11.3 Å². The molecule has 1 atom stereocenters. The number of ketones is 1. The number of methoxy groups -OCH3 is 1. The number of thiophene rings is 1. The van der Waals surface area contributed by atoms with E-state index in [0.29, 0.717) is 48.1 Å². The Hall–Kier alpha value is -3.59. The summed E-state index contributed by atoms with van der Waals surface area (Å²) < 4.78 is 13.0. The van der Waals surface area contributed by atoms with Gasteiger partial charge in [0.1, 0.15) is 0 Å². The third kappa shape index (κ3) is 4.49. The van der Waals surface area contributed by atoms with Crippen molar-refractivity contribution in [2.75, 3.05) is 20.3 Å². The first kappa shape index (κ1) is 22.6. The fourth-order valence-electron chi connectivity index (χ4n) is 3.97. The molecule has 0 aliphatic carbocycles. The van der Waals surface area contributed by atoms with Crippen molar-refractivity contribution >= 4 is 23.0 Å². The smallest absolute Gasteiger partial charge is 0.290 e. The summed E-state index contributed by atoms with van der Waals surface area (Å²) in [6.45, 7) is 3.35. The van der Waals surface area contributed by atoms with Gasteiger partial charge in [0.05, 0.1) is 36.5 Å². The van der Waals surface area contributed by atoms with E-state index in [0.717, 1.165) is 0 Å². The lowest BCUT2D eigenvalue weighted by molar-refractivity contribution is -0.129. The van der Waals surface area contributed by atoms with Gasteiger partial charge in [-0.2, -0.15) is 0 Å². The number of nitrogens with zero attached hydrogens (tertiary/aromatic N) is 3. The summed E-state index contributed by atoms with van der Waals surface area (Å²) in [7, 11) is 1.54. The standard InChI is InChI=1S/C24H25N3O5S/c1-3-32-17-8-7-16(14-18(17)31-2)21-20(22(28)19-6-4-13-33-19)23(29)24(30)27(21)11-5-10-26-12-9-25-15-26/h4,6-9,12-15,21,29H,3,5,10-11H2,1-2H3/t21-/m1/s1. The van der Waals surface area contributed by atoms with Gasteiger partial charge in [0.15, 0.2) is 17.3 Å². The van der Waals surface area contributed by atoms with Crippen molar-refractivity contribution < 1.29 is 24.2 Å². The van der Waals surface area contributed by atoms with E-state index in [-0.39, 0.29) is 11.4 Å². The molecule has 0 fully saturated rings. The molecule has 1 N–H and O–H groups in total. The van der Waals surface area contributed by atoms with Crippen LogP contribution in [0.1, 0.15) is 34.6 Å². The predicted octanol–water partition coefficient (Wildman–Crippen LogP) is 4.02. The molecule has 1 aliphatic heterocycles. The van der Waals surface area contributed by atoms with Crippen LogP contribution in [0, 0.1) is 0 Å². The maximum absolute atomic E-state index is 13.3. The van der Waals surface area contributed by atoms with Crippen molar-refractivity contribution in [1.29, 1.82) is 0 Å². The minimum Gasteiger partial charge on any atom is -0.503 e. The summed E-state index contributed by atoms with van der Waals surface area (Å²) in [6, 6.07) is 8.04. The summed E-state index contributed by atoms with van der Waals surface area (Å²) >= 11 is 1.27. The van der Waals surface area contributed by atoms with Crippen molar-refractivity contribution in [2.45, 2.75) is 25.9 Å². The molecule has 0 saturated heterocycles. The van der Waals surface area contributed by atoms with Crippen LogP contribution in [0.25, 0.3) is 0 Å². The van der Waals surface area contributed by atoms with Gasteiger partial charge in [-0.15, -0.1) is 11.3 Å². The molecule has 3 aromatic rings. The van der Waals surface area contributed by atoms with E-state index in [2.05, 4.69) is 4.98 Å². The Morgan fingerprint density at radius 1 is 1.24 bits per heavy atom. The number of aromatic nitrogens is 2. The Morgan fingerprint density at radius 2 is 2.09 bits per heavy atom. The van der Waals surface area contributed by atoms with Crippen molar-refractivity contribution in [3.63, 3.8) is 0 Å². The molecule has 33 heavy (non-hydrogen) atoms. The number of Topliss-reactive ketones (excluding diaryl/α,β-unsaturated/α-hetero) is 1. The molecule has 8 nitrogen and oxygen atoms in total. The van der Waals surface area contributed by atoms with Crippen LogP contribution in [0.4, 0.5) is 0 Å². The number of ether oxygens (including phenoxy) is 2. The first-order chi connectivity index (χ1) is 16.0. The number of hydrogen-bond acceptors (Lipinski definition) is 7. The lowest BCUT2D eigenvalue weighted by atomic mass is 9.95. The molecule has 0 radical (unpaired) electrons. The molecule has 0 saturated carbocycles. The predicted molar refractivity (Wildman–Crippen MR) is 124 cm³/mol. The van der Waals surface area contributed by atoms with Crippen molar-refractivity contribution in [3.05, 3.63) is 76.2 Å². The van der Waals surface area contributed by atoms with E-state index >= 15 is 0 Å². The fourth-order valence-corrected chi connectivity index (χ4v) is 4.65. The summed E-state index contributed by atoms with van der Waals surface area (Å²) in [5.41, 5.74) is 0.742. The number of rotatable bonds is 10. The van der Waals surface area contributed by atoms with Gasteiger partial charge >= 0.3 is 0 Å². The third-order valence-corrected chi connectivity index (χ3v) is 6.34. The summed E-state index contributed by atoms with van der Waals surface area (Å²) in [6.07, 6.45) is 5.88. The molecule has 4 rings (SSSR count). The van der Waals surface area contributed by atoms with E-state index in [1.807, 2.05) is 17.7 Å². The van der Waals surface area contributed by atoms with Crippen LogP contribution in [-0.4, -0.2) is 51.5 Å². The Kier molecular flexibility index (Phi) is 6.79. The van der Waals surface area contributed by atoms with Gasteiger partial charge < -0.3 is 24.0 Å². The second kappa shape index (κ2) is 9.91. The van der Waals surface area contributed by atoms with Crippen LogP contribution in [0.5, 0.6) is 11.5 Å². The van der Waals surface area contributed by atoms with E-state index in [1.165, 1.54) is 18.4 Å². The highest BCUT2D eigenvalue weighted by Gasteiger charge is 2.44. The zero-order chi connectivity index (χ0) is 23.4. The largest absolute Gasteiger partial charge is 0.503 e. The minimum atomic E-state index is -0.737. The molecule has 0 unspecified atom stereocenters. The number of imidazole rings is 1. The lowest BCUT2D eigenvalue weighted by Gasteiger charge is -2.27. The number of aliphatic hydroxyl groups excluding tert-OH is 1. The van der Waals surface area contributed by atoms with Crippen molar-refractivity contribution in [2.24, 2.45) is 0 Å². The molecule has 1 aliphatic rings. The third-order valence-electron chi connectivity index (χ3n) is 5.47. The van der Waals surface area contributed by atoms with E-state index in [9.17, 15) is 14.7 Å². The molecular formula is C24H25N3O5S. The van der Waals surface area contributed by atoms with Crippen molar-refractivity contribution in [3.8, 4) is 11.5 Å². The molecular weight excluding hydrogens is 442 g/mol. The normalized spacial score (nSPS) is 15.9. The summed E-state index contributed by atoms with van der Waals surface area (Å²) in [4.78, 5) is 32.4. The zero-order valence-corrected chi connectivity index (χ0v) is 19.2. The molecule has 1 aromatic carbocycles. The number of carbonyl (C=O) groups excluding carboxylic acids is 2. The average Bonchev–Trinajstić information content (AvgIpc) is 3.58. The molecule has 0 spiro atoms. The van der Waals surface area contributed by atoms with Gasteiger partial charge in [0.2, 0.25) is 5.78 Å². The number of carbonyl (C=O) groups is 2. The summed E-state index contributed by atoms with van der Waals surface area (Å²) in [5.74, 6) is -0.355. The zero-order valence-electron chi connectivity index (χ0n) is 18.4. The number of aliphatic hydroxyl groups is 1. The number of hydrogen-bond donors (Lipinski definition) is 1. The van der Waals surface area contributed by atoms with Crippen molar-refractivity contribution in [1.82, 2.24) is 14.5 Å². The lowest BCUT2D eigenvalue weighted by Crippen LogP contribution is -2.32. The van der Waals surface area contributed by atoms with Gasteiger partial charge in [-0.25, -0.2) is 4.98 Å². The Bertz CT molecular complexity index is 1150. The molecule has 0 bridgehead atoms. The van der Waals surface area contributed by atoms with Gasteiger partial charge in [-0.1, -0.05) is 12.1 Å². The van der Waals surface area contributed by atoms with Crippen LogP contribution in [0.15, 0.2) is 65.8 Å². The van der Waals surface area contributed by atoms with Crippen LogP contribution < -0.4 is 9.47 Å². The van der Waals surface area contributed by atoms with Gasteiger partial charge in [0, 0.05) is 25.5 Å². The quantitative estimate of drug-likeness (QED) is 0.453. The minimum absolute atomic E-state index is 0.0799. The Morgan fingerprint density at radius 3 is 2.76 bits per heavy atom. The van der Waals surface area contributed by atoms with Gasteiger partial charge in [-0.05, 0) is 42.5 Å². The highest BCUT2D eigenvalue weighted by atomic mass is 32.1. The second-order valence-electron chi connectivity index (χ2n) is 7.47. The van der Waals surface area contributed by atoms with E-state index < -0.39 is 17.7 Å². The van der Waals surface area contributed by atoms with Crippen LogP contribution in [0.3, 0.4) is 0 Å². The van der Waals surface area contributed by atoms with Gasteiger partial charge in [-0.3, -0.25) is 9.59 Å². The highest BCUT2D eigenvalue weighted by molar-refractivity contribution is 7.12. The number of aryl methyl sites for hydroxylation is 1. The second-order valence-corrected chi connectivity index (χ2v) is 8.41. The first-order valence-electron chi connectivity index (χ1n) is 10.6. The van der Waals surface area contributed by atoms with Crippen LogP contribution >= 0.6 is 11.3 Å². The molecule has 9 heteroatoms. The Balaban J connectivity index is 1.70. The highest BCUT2D eigenvalue weighted by Crippen LogP contribution is 2.42. The van der Waals surface area contributed by atoms with Gasteiger partial charge in [0.25, 0.3) is 5.91 Å². The maximum Gasteiger partial charge on any atom is 0.290 e.